The molecule has 0 atom stereocenters. The Kier molecular flexibility index (Phi) is 8.35. The highest BCUT2D eigenvalue weighted by Gasteiger charge is 2.16. The number of carbonyl (C=O) groups is 2. The summed E-state index contributed by atoms with van der Waals surface area (Å²) in [6.07, 6.45) is 0. The van der Waals surface area contributed by atoms with Gasteiger partial charge in [-0.3, -0.25) is 14.5 Å². The van der Waals surface area contributed by atoms with Crippen LogP contribution in [0.2, 0.25) is 0 Å². The third kappa shape index (κ3) is 6.91. The standard InChI is InChI=1S/C11H23N3O3/c1-4-14(5-2)11(16)9-13(6-7-17-3)8-10(12)15/h4-9H2,1-3H3,(H2,12,15). The highest BCUT2D eigenvalue weighted by Crippen LogP contribution is 1.94. The van der Waals surface area contributed by atoms with E-state index in [1.54, 1.807) is 16.9 Å². The smallest absolute Gasteiger partial charge is 0.236 e. The minimum Gasteiger partial charge on any atom is -0.383 e. The first kappa shape index (κ1) is 15.9. The SMILES string of the molecule is CCN(CC)C(=O)CN(CCOC)CC(N)=O. The number of ether oxygens (including phenoxy) is 1. The van der Waals surface area contributed by atoms with E-state index in [9.17, 15) is 9.59 Å². The lowest BCUT2D eigenvalue weighted by Crippen LogP contribution is -2.44. The van der Waals surface area contributed by atoms with E-state index in [-0.39, 0.29) is 19.0 Å². The largest absolute Gasteiger partial charge is 0.383 e. The van der Waals surface area contributed by atoms with E-state index in [4.69, 9.17) is 10.5 Å². The molecule has 0 aromatic carbocycles. The number of hydrogen-bond acceptors (Lipinski definition) is 4. The Hall–Kier alpha value is -1.14. The minimum absolute atomic E-state index is 0.00681. The Morgan fingerprint density at radius 3 is 2.18 bits per heavy atom. The Labute approximate surface area is 103 Å². The second-order valence-electron chi connectivity index (χ2n) is 3.74. The predicted molar refractivity (Wildman–Crippen MR) is 65.4 cm³/mol. The summed E-state index contributed by atoms with van der Waals surface area (Å²) in [5.41, 5.74) is 5.14. The second-order valence-corrected chi connectivity index (χ2v) is 3.74. The summed E-state index contributed by atoms with van der Waals surface area (Å²) in [4.78, 5) is 26.2. The molecule has 17 heavy (non-hydrogen) atoms. The van der Waals surface area contributed by atoms with E-state index in [2.05, 4.69) is 0 Å². The fourth-order valence-electron chi connectivity index (χ4n) is 1.52. The molecule has 0 radical (unpaired) electrons. The fourth-order valence-corrected chi connectivity index (χ4v) is 1.52. The van der Waals surface area contributed by atoms with Gasteiger partial charge in [-0.15, -0.1) is 0 Å². The third-order valence-electron chi connectivity index (χ3n) is 2.47. The molecule has 0 heterocycles. The van der Waals surface area contributed by atoms with E-state index < -0.39 is 5.91 Å². The summed E-state index contributed by atoms with van der Waals surface area (Å²) in [7, 11) is 1.58. The van der Waals surface area contributed by atoms with Gasteiger partial charge in [0.05, 0.1) is 19.7 Å². The number of rotatable bonds is 9. The van der Waals surface area contributed by atoms with E-state index in [1.165, 1.54) is 0 Å². The van der Waals surface area contributed by atoms with Crippen LogP contribution in [0.4, 0.5) is 0 Å². The van der Waals surface area contributed by atoms with Gasteiger partial charge in [0.25, 0.3) is 0 Å². The van der Waals surface area contributed by atoms with Crippen LogP contribution in [-0.2, 0) is 14.3 Å². The van der Waals surface area contributed by atoms with Gasteiger partial charge >= 0.3 is 0 Å². The molecular formula is C11H23N3O3. The van der Waals surface area contributed by atoms with Crippen LogP contribution in [0, 0.1) is 0 Å². The molecule has 100 valence electrons. The number of carbonyl (C=O) groups excluding carboxylic acids is 2. The molecule has 0 bridgehead atoms. The highest BCUT2D eigenvalue weighted by atomic mass is 16.5. The number of amides is 2. The summed E-state index contributed by atoms with van der Waals surface area (Å²) in [6.45, 7) is 6.47. The molecular weight excluding hydrogens is 222 g/mol. The molecule has 2 amide bonds. The van der Waals surface area contributed by atoms with Crippen LogP contribution in [0.3, 0.4) is 0 Å². The molecule has 0 aromatic heterocycles. The first-order valence-electron chi connectivity index (χ1n) is 5.82. The van der Waals surface area contributed by atoms with Crippen LogP contribution >= 0.6 is 0 Å². The van der Waals surface area contributed by atoms with Gasteiger partial charge in [0, 0.05) is 26.7 Å². The molecule has 0 aliphatic carbocycles. The molecule has 0 spiro atoms. The Morgan fingerprint density at radius 1 is 1.18 bits per heavy atom. The molecule has 6 heteroatoms. The number of hydrogen-bond donors (Lipinski definition) is 1. The monoisotopic (exact) mass is 245 g/mol. The zero-order valence-corrected chi connectivity index (χ0v) is 10.9. The zero-order chi connectivity index (χ0) is 13.3. The van der Waals surface area contributed by atoms with E-state index in [0.717, 1.165) is 0 Å². The number of primary amides is 1. The summed E-state index contributed by atoms with van der Waals surface area (Å²) >= 11 is 0. The molecule has 0 aliphatic heterocycles. The van der Waals surface area contributed by atoms with Gasteiger partial charge in [0.2, 0.25) is 11.8 Å². The Bertz CT molecular complexity index is 242. The summed E-state index contributed by atoms with van der Waals surface area (Å²) in [6, 6.07) is 0. The maximum absolute atomic E-state index is 11.9. The molecule has 0 rings (SSSR count). The van der Waals surface area contributed by atoms with Crippen molar-refractivity contribution in [2.45, 2.75) is 13.8 Å². The predicted octanol–water partition coefficient (Wildman–Crippen LogP) is -0.711. The van der Waals surface area contributed by atoms with Gasteiger partial charge in [0.1, 0.15) is 0 Å². The van der Waals surface area contributed by atoms with E-state index in [0.29, 0.717) is 26.2 Å². The van der Waals surface area contributed by atoms with Crippen LogP contribution in [0.1, 0.15) is 13.8 Å². The maximum atomic E-state index is 11.9. The van der Waals surface area contributed by atoms with Crippen molar-refractivity contribution in [3.63, 3.8) is 0 Å². The molecule has 2 N–H and O–H groups in total. The van der Waals surface area contributed by atoms with Crippen molar-refractivity contribution < 1.29 is 14.3 Å². The van der Waals surface area contributed by atoms with Gasteiger partial charge in [-0.05, 0) is 13.8 Å². The van der Waals surface area contributed by atoms with E-state index >= 15 is 0 Å². The van der Waals surface area contributed by atoms with Crippen molar-refractivity contribution in [1.82, 2.24) is 9.80 Å². The summed E-state index contributed by atoms with van der Waals surface area (Å²) in [5, 5.41) is 0. The maximum Gasteiger partial charge on any atom is 0.236 e. The number of nitrogens with two attached hydrogens (primary N) is 1. The van der Waals surface area contributed by atoms with Crippen molar-refractivity contribution >= 4 is 11.8 Å². The van der Waals surface area contributed by atoms with Crippen LogP contribution in [0.5, 0.6) is 0 Å². The van der Waals surface area contributed by atoms with Gasteiger partial charge in [-0.25, -0.2) is 0 Å². The fraction of sp³-hybridized carbons (Fsp3) is 0.818. The second kappa shape index (κ2) is 8.95. The average Bonchev–Trinajstić information content (AvgIpc) is 2.26. The normalized spacial score (nSPS) is 10.6. The van der Waals surface area contributed by atoms with Crippen molar-refractivity contribution in [2.75, 3.05) is 46.4 Å². The van der Waals surface area contributed by atoms with Crippen LogP contribution in [-0.4, -0.2) is 68.1 Å². The topological polar surface area (TPSA) is 75.9 Å². The van der Waals surface area contributed by atoms with Gasteiger partial charge in [0.15, 0.2) is 0 Å². The van der Waals surface area contributed by atoms with Crippen molar-refractivity contribution in [2.24, 2.45) is 5.73 Å². The molecule has 6 nitrogen and oxygen atoms in total. The number of likely N-dealkylation sites (N-methyl/N-ethyl adjacent to an activating group) is 1. The van der Waals surface area contributed by atoms with Gasteiger partial charge < -0.3 is 15.4 Å². The van der Waals surface area contributed by atoms with Crippen molar-refractivity contribution in [3.8, 4) is 0 Å². The quantitative estimate of drug-likeness (QED) is 0.582. The lowest BCUT2D eigenvalue weighted by atomic mass is 10.4. The first-order valence-corrected chi connectivity index (χ1v) is 5.82. The zero-order valence-electron chi connectivity index (χ0n) is 10.9. The van der Waals surface area contributed by atoms with Crippen molar-refractivity contribution in [3.05, 3.63) is 0 Å². The number of methoxy groups -OCH3 is 1. The molecule has 0 unspecified atom stereocenters. The number of nitrogens with zero attached hydrogens (tertiary/aromatic N) is 2. The lowest BCUT2D eigenvalue weighted by Gasteiger charge is -2.24. The van der Waals surface area contributed by atoms with Crippen LogP contribution < -0.4 is 5.73 Å². The van der Waals surface area contributed by atoms with Crippen LogP contribution in [0.15, 0.2) is 0 Å². The first-order chi connectivity index (χ1) is 8.04. The highest BCUT2D eigenvalue weighted by molar-refractivity contribution is 5.80. The van der Waals surface area contributed by atoms with Gasteiger partial charge in [-0.2, -0.15) is 0 Å². The van der Waals surface area contributed by atoms with Crippen LogP contribution in [0.25, 0.3) is 0 Å². The Balaban J connectivity index is 4.29. The molecule has 0 saturated heterocycles. The molecule has 0 fully saturated rings. The van der Waals surface area contributed by atoms with E-state index in [1.807, 2.05) is 13.8 Å². The minimum atomic E-state index is -0.437. The van der Waals surface area contributed by atoms with Crippen molar-refractivity contribution in [1.29, 1.82) is 0 Å². The average molecular weight is 245 g/mol. The van der Waals surface area contributed by atoms with Gasteiger partial charge in [-0.1, -0.05) is 0 Å². The Morgan fingerprint density at radius 2 is 1.76 bits per heavy atom. The molecule has 0 aromatic rings. The molecule has 0 saturated carbocycles. The molecule has 0 aliphatic rings. The lowest BCUT2D eigenvalue weighted by molar-refractivity contribution is -0.132. The summed E-state index contributed by atoms with van der Waals surface area (Å²) < 4.78 is 4.93. The third-order valence-corrected chi connectivity index (χ3v) is 2.47. The summed E-state index contributed by atoms with van der Waals surface area (Å²) in [5.74, 6) is -0.430.